The van der Waals surface area contributed by atoms with Crippen LogP contribution in [-0.2, 0) is 19.3 Å². The second kappa shape index (κ2) is 10.8. The molecule has 3 rings (SSSR count). The third-order valence-electron chi connectivity index (χ3n) is 6.25. The first-order valence-electron chi connectivity index (χ1n) is 11.3. The van der Waals surface area contributed by atoms with E-state index < -0.39 is 0 Å². The van der Waals surface area contributed by atoms with Crippen LogP contribution in [0.15, 0.2) is 24.4 Å². The Kier molecular flexibility index (Phi) is 8.74. The monoisotopic (exact) mass is 395 g/mol. The second-order valence-corrected chi connectivity index (χ2v) is 8.49. The van der Waals surface area contributed by atoms with Crippen LogP contribution >= 0.6 is 0 Å². The minimum atomic E-state index is 0. The Bertz CT molecular complexity index is 789. The van der Waals surface area contributed by atoms with Crippen molar-refractivity contribution in [1.82, 2.24) is 4.98 Å². The highest BCUT2D eigenvalue weighted by molar-refractivity contribution is 5.52. The van der Waals surface area contributed by atoms with Crippen molar-refractivity contribution in [3.63, 3.8) is 0 Å². The smallest absolute Gasteiger partial charge is 0.123 e. The lowest BCUT2D eigenvalue weighted by molar-refractivity contribution is 0.366. The Hall–Kier alpha value is -1.83. The number of methoxy groups -OCH3 is 1. The molecule has 0 radical (unpaired) electrons. The molecule has 2 heteroatoms. The topological polar surface area (TPSA) is 22.1 Å². The van der Waals surface area contributed by atoms with E-state index >= 15 is 0 Å². The second-order valence-electron chi connectivity index (χ2n) is 8.49. The Labute approximate surface area is 179 Å². The molecule has 0 spiro atoms. The summed E-state index contributed by atoms with van der Waals surface area (Å²) in [7, 11) is 1.82. The van der Waals surface area contributed by atoms with E-state index in [2.05, 4.69) is 52.1 Å². The summed E-state index contributed by atoms with van der Waals surface area (Å²) in [5.41, 5.74) is 8.33. The first-order valence-corrected chi connectivity index (χ1v) is 11.3. The number of rotatable bonds is 8. The summed E-state index contributed by atoms with van der Waals surface area (Å²) in [6.45, 7) is 9.05. The van der Waals surface area contributed by atoms with Crippen LogP contribution in [0, 0.1) is 12.8 Å². The molecule has 0 fully saturated rings. The van der Waals surface area contributed by atoms with Gasteiger partial charge in [-0.15, -0.1) is 0 Å². The average Bonchev–Trinajstić information content (AvgIpc) is 2.84. The molecular formula is C27H41NO. The molecule has 2 aromatic rings. The fourth-order valence-corrected chi connectivity index (χ4v) is 5.13. The van der Waals surface area contributed by atoms with Crippen molar-refractivity contribution in [3.05, 3.63) is 57.9 Å². The van der Waals surface area contributed by atoms with E-state index in [1.54, 1.807) is 0 Å². The van der Waals surface area contributed by atoms with Gasteiger partial charge in [0, 0.05) is 17.7 Å². The lowest BCUT2D eigenvalue weighted by atomic mass is 9.76. The summed E-state index contributed by atoms with van der Waals surface area (Å²) in [4.78, 5) is 5.11. The molecule has 1 aliphatic carbocycles. The van der Waals surface area contributed by atoms with Gasteiger partial charge in [-0.05, 0) is 73.3 Å². The largest absolute Gasteiger partial charge is 0.496 e. The fraction of sp³-hybridized carbons (Fsp3) is 0.593. The Balaban J connectivity index is 0.00000300. The minimum Gasteiger partial charge on any atom is -0.496 e. The molecule has 1 unspecified atom stereocenters. The highest BCUT2D eigenvalue weighted by Crippen LogP contribution is 2.46. The first-order chi connectivity index (χ1) is 13.6. The van der Waals surface area contributed by atoms with E-state index in [-0.39, 0.29) is 7.43 Å². The zero-order valence-corrected chi connectivity index (χ0v) is 18.5. The van der Waals surface area contributed by atoms with E-state index in [9.17, 15) is 0 Å². The summed E-state index contributed by atoms with van der Waals surface area (Å²) in [6, 6.07) is 7.05. The Morgan fingerprint density at radius 2 is 1.69 bits per heavy atom. The highest BCUT2D eigenvalue weighted by Gasteiger charge is 2.33. The number of benzene rings is 1. The number of hydrogen-bond acceptors (Lipinski definition) is 2. The molecule has 0 saturated heterocycles. The van der Waals surface area contributed by atoms with Gasteiger partial charge in [0.2, 0.25) is 0 Å². The van der Waals surface area contributed by atoms with Crippen LogP contribution in [0.3, 0.4) is 0 Å². The molecule has 0 N–H and O–H groups in total. The lowest BCUT2D eigenvalue weighted by Crippen LogP contribution is -2.18. The molecule has 1 aromatic heterocycles. The van der Waals surface area contributed by atoms with Crippen molar-refractivity contribution in [3.8, 4) is 5.75 Å². The maximum absolute atomic E-state index is 5.94. The van der Waals surface area contributed by atoms with E-state index in [1.165, 1.54) is 65.6 Å². The highest BCUT2D eigenvalue weighted by atomic mass is 16.5. The molecule has 1 aliphatic rings. The maximum Gasteiger partial charge on any atom is 0.123 e. The molecule has 0 amide bonds. The standard InChI is InChI=1S/C26H37NO.CH4/c1-6-9-19-16-22-13-12-21-14-18(4)15-23(28-5)24(21)25(26(22)27-17-19)20(10-7-2)11-8-3;/h14-17,20,25H,6-13H2,1-5H3;1H4. The Morgan fingerprint density at radius 3 is 2.31 bits per heavy atom. The van der Waals surface area contributed by atoms with Crippen LogP contribution in [0.1, 0.15) is 99.7 Å². The summed E-state index contributed by atoms with van der Waals surface area (Å²) < 4.78 is 5.94. The number of nitrogens with zero attached hydrogens (tertiary/aromatic N) is 1. The van der Waals surface area contributed by atoms with Gasteiger partial charge in [-0.2, -0.15) is 0 Å². The number of fused-ring (bicyclic) bond motifs is 2. The van der Waals surface area contributed by atoms with Crippen LogP contribution in [0.2, 0.25) is 0 Å². The zero-order valence-electron chi connectivity index (χ0n) is 18.5. The summed E-state index contributed by atoms with van der Waals surface area (Å²) in [5, 5.41) is 0. The molecule has 1 aromatic carbocycles. The van der Waals surface area contributed by atoms with Gasteiger partial charge in [0.25, 0.3) is 0 Å². The van der Waals surface area contributed by atoms with E-state index in [1.807, 2.05) is 7.11 Å². The van der Waals surface area contributed by atoms with Crippen LogP contribution in [0.4, 0.5) is 0 Å². The third-order valence-corrected chi connectivity index (χ3v) is 6.25. The molecule has 2 nitrogen and oxygen atoms in total. The van der Waals surface area contributed by atoms with Gasteiger partial charge in [0.15, 0.2) is 0 Å². The van der Waals surface area contributed by atoms with Crippen LogP contribution in [-0.4, -0.2) is 12.1 Å². The first kappa shape index (κ1) is 23.4. The van der Waals surface area contributed by atoms with Gasteiger partial charge in [0.05, 0.1) is 12.8 Å². The normalized spacial score (nSPS) is 15.3. The predicted octanol–water partition coefficient (Wildman–Crippen LogP) is 7.43. The third kappa shape index (κ3) is 5.02. The molecule has 0 aliphatic heterocycles. The summed E-state index contributed by atoms with van der Waals surface area (Å²) >= 11 is 0. The number of aryl methyl sites for hydroxylation is 4. The van der Waals surface area contributed by atoms with E-state index in [0.29, 0.717) is 11.8 Å². The molecule has 160 valence electrons. The van der Waals surface area contributed by atoms with Gasteiger partial charge >= 0.3 is 0 Å². The fourth-order valence-electron chi connectivity index (χ4n) is 5.13. The van der Waals surface area contributed by atoms with Crippen LogP contribution in [0.5, 0.6) is 5.75 Å². The maximum atomic E-state index is 5.94. The number of ether oxygens (including phenoxy) is 1. The quantitative estimate of drug-likeness (QED) is 0.463. The summed E-state index contributed by atoms with van der Waals surface area (Å²) in [6.07, 6.45) is 11.5. The molecule has 1 atom stereocenters. The van der Waals surface area contributed by atoms with Crippen molar-refractivity contribution in [2.45, 2.75) is 92.4 Å². The predicted molar refractivity (Wildman–Crippen MR) is 125 cm³/mol. The van der Waals surface area contributed by atoms with E-state index in [0.717, 1.165) is 25.0 Å². The van der Waals surface area contributed by atoms with Crippen molar-refractivity contribution in [2.75, 3.05) is 7.11 Å². The number of hydrogen-bond donors (Lipinski definition) is 0. The average molecular weight is 396 g/mol. The molecule has 0 bridgehead atoms. The molecule has 29 heavy (non-hydrogen) atoms. The Morgan fingerprint density at radius 1 is 1.00 bits per heavy atom. The lowest BCUT2D eigenvalue weighted by Gasteiger charge is -2.30. The van der Waals surface area contributed by atoms with Crippen molar-refractivity contribution in [2.24, 2.45) is 5.92 Å². The minimum absolute atomic E-state index is 0. The molecular weight excluding hydrogens is 354 g/mol. The van der Waals surface area contributed by atoms with Gasteiger partial charge in [-0.1, -0.05) is 59.6 Å². The van der Waals surface area contributed by atoms with Crippen molar-refractivity contribution < 1.29 is 4.74 Å². The van der Waals surface area contributed by atoms with Crippen LogP contribution < -0.4 is 4.74 Å². The van der Waals surface area contributed by atoms with Crippen molar-refractivity contribution in [1.29, 1.82) is 0 Å². The molecule has 1 heterocycles. The van der Waals surface area contributed by atoms with Gasteiger partial charge in [-0.3, -0.25) is 4.98 Å². The molecule has 0 saturated carbocycles. The van der Waals surface area contributed by atoms with E-state index in [4.69, 9.17) is 9.72 Å². The van der Waals surface area contributed by atoms with Crippen molar-refractivity contribution >= 4 is 0 Å². The number of aromatic nitrogens is 1. The number of pyridine rings is 1. The van der Waals surface area contributed by atoms with Crippen LogP contribution in [0.25, 0.3) is 0 Å². The SMILES string of the molecule is C.CCCc1cnc2c(c1)CCc1cc(C)cc(OC)c1C2C(CCC)CCC. The van der Waals surface area contributed by atoms with Gasteiger partial charge in [0.1, 0.15) is 5.75 Å². The van der Waals surface area contributed by atoms with Gasteiger partial charge in [-0.25, -0.2) is 0 Å². The zero-order chi connectivity index (χ0) is 20.1. The summed E-state index contributed by atoms with van der Waals surface area (Å²) in [5.74, 6) is 2.02. The van der Waals surface area contributed by atoms with Gasteiger partial charge < -0.3 is 4.74 Å².